The molecule has 0 saturated carbocycles. The Balaban J connectivity index is 1.66. The summed E-state index contributed by atoms with van der Waals surface area (Å²) in [5.41, 5.74) is 7.63. The van der Waals surface area contributed by atoms with Crippen molar-refractivity contribution < 1.29 is 9.53 Å². The van der Waals surface area contributed by atoms with Gasteiger partial charge in [-0.1, -0.05) is 24.6 Å². The minimum absolute atomic E-state index is 0.0221. The molecule has 2 aromatic heterocycles. The van der Waals surface area contributed by atoms with Crippen LogP contribution in [0.25, 0.3) is 5.69 Å². The number of pyridine rings is 1. The van der Waals surface area contributed by atoms with E-state index in [9.17, 15) is 4.79 Å². The predicted molar refractivity (Wildman–Crippen MR) is 165 cm³/mol. The molecule has 3 heterocycles. The molecule has 0 spiro atoms. The number of nitrogens with one attached hydrogen (secondary N) is 2. The highest BCUT2D eigenvalue weighted by Crippen LogP contribution is 2.45. The number of carbonyl (C=O) groups is 1. The number of nitrogens with zero attached hydrogens (tertiary/aromatic N) is 3. The number of carbonyl (C=O) groups excluding carboxylic acids is 1. The molecule has 2 aromatic carbocycles. The van der Waals surface area contributed by atoms with E-state index in [2.05, 4.69) is 51.1 Å². The van der Waals surface area contributed by atoms with Crippen molar-refractivity contribution in [1.29, 1.82) is 0 Å². The summed E-state index contributed by atoms with van der Waals surface area (Å²) >= 11 is 12.4. The number of thiocarbonyl (C=S) groups is 1. The molecule has 4 aromatic rings. The lowest BCUT2D eigenvalue weighted by Crippen LogP contribution is -2.29. The van der Waals surface area contributed by atoms with Gasteiger partial charge in [-0.2, -0.15) is 0 Å². The quantitative estimate of drug-likeness (QED) is 0.232. The molecule has 9 heteroatoms. The van der Waals surface area contributed by atoms with Gasteiger partial charge in [-0.3, -0.25) is 9.78 Å². The molecule has 5 rings (SSSR count). The summed E-state index contributed by atoms with van der Waals surface area (Å²) in [5, 5.41) is 7.76. The zero-order valence-electron chi connectivity index (χ0n) is 23.2. The molecule has 1 amide bonds. The van der Waals surface area contributed by atoms with Gasteiger partial charge in [-0.05, 0) is 98.7 Å². The Kier molecular flexibility index (Phi) is 7.83. The summed E-state index contributed by atoms with van der Waals surface area (Å²) in [7, 11) is 1.66. The van der Waals surface area contributed by atoms with Gasteiger partial charge in [0.15, 0.2) is 5.11 Å². The molecule has 0 aliphatic carbocycles. The molecule has 7 nitrogen and oxygen atoms in total. The van der Waals surface area contributed by atoms with E-state index in [4.69, 9.17) is 28.6 Å². The van der Waals surface area contributed by atoms with Gasteiger partial charge in [0.25, 0.3) is 0 Å². The van der Waals surface area contributed by atoms with Crippen LogP contribution in [0.15, 0.2) is 66.9 Å². The van der Waals surface area contributed by atoms with E-state index in [0.29, 0.717) is 16.6 Å². The van der Waals surface area contributed by atoms with Gasteiger partial charge in [0.05, 0.1) is 30.6 Å². The summed E-state index contributed by atoms with van der Waals surface area (Å²) in [6, 6.07) is 19.4. The number of rotatable bonds is 7. The molecule has 206 valence electrons. The standard InChI is InChI=1S/C31H32ClN5O2S/c1-6-28(38)34-24-12-11-22(15-18(24)2)37-30(29(35-31(37)40)25-9-7-8-14-33-25)23-16-19(3)36(20(23)4)26-17-21(32)10-13-27(26)39-5/h7-17,29-30H,6H2,1-5H3,(H,34,38)(H,35,40)/t29-,30-/m0/s1. The fourth-order valence-corrected chi connectivity index (χ4v) is 5.93. The Labute approximate surface area is 245 Å². The monoisotopic (exact) mass is 573 g/mol. The van der Waals surface area contributed by atoms with Crippen molar-refractivity contribution in [1.82, 2.24) is 14.9 Å². The summed E-state index contributed by atoms with van der Waals surface area (Å²) < 4.78 is 7.86. The van der Waals surface area contributed by atoms with Crippen molar-refractivity contribution in [2.24, 2.45) is 0 Å². The van der Waals surface area contributed by atoms with Crippen LogP contribution < -0.4 is 20.3 Å². The number of ether oxygens (including phenoxy) is 1. The molecule has 1 aliphatic heterocycles. The van der Waals surface area contributed by atoms with E-state index in [1.807, 2.05) is 62.4 Å². The van der Waals surface area contributed by atoms with Gasteiger partial charge in [-0.25, -0.2) is 0 Å². The Morgan fingerprint density at radius 2 is 1.93 bits per heavy atom. The van der Waals surface area contributed by atoms with Crippen LogP contribution in [-0.4, -0.2) is 27.7 Å². The molecule has 1 aliphatic rings. The van der Waals surface area contributed by atoms with Crippen molar-refractivity contribution in [3.63, 3.8) is 0 Å². The van der Waals surface area contributed by atoms with Crippen LogP contribution in [-0.2, 0) is 4.79 Å². The zero-order valence-corrected chi connectivity index (χ0v) is 24.7. The topological polar surface area (TPSA) is 71.4 Å². The van der Waals surface area contributed by atoms with Crippen LogP contribution in [0.4, 0.5) is 11.4 Å². The van der Waals surface area contributed by atoms with E-state index in [-0.39, 0.29) is 18.0 Å². The molecule has 0 bridgehead atoms. The second kappa shape index (κ2) is 11.3. The van der Waals surface area contributed by atoms with Crippen molar-refractivity contribution in [3.05, 3.63) is 100 Å². The number of methoxy groups -OCH3 is 1. The first kappa shape index (κ1) is 27.7. The minimum atomic E-state index is -0.192. The van der Waals surface area contributed by atoms with Crippen LogP contribution in [0.2, 0.25) is 5.02 Å². The Hall–Kier alpha value is -3.88. The van der Waals surface area contributed by atoms with Gasteiger partial charge < -0.3 is 24.8 Å². The fraction of sp³-hybridized carbons (Fsp3) is 0.258. The van der Waals surface area contributed by atoms with E-state index in [1.165, 1.54) is 0 Å². The first-order valence-electron chi connectivity index (χ1n) is 13.2. The van der Waals surface area contributed by atoms with Crippen LogP contribution >= 0.6 is 23.8 Å². The molecule has 2 N–H and O–H groups in total. The molecule has 40 heavy (non-hydrogen) atoms. The molecule has 0 radical (unpaired) electrons. The number of hydrogen-bond donors (Lipinski definition) is 2. The molecule has 2 atom stereocenters. The maximum absolute atomic E-state index is 12.0. The third-order valence-electron chi connectivity index (χ3n) is 7.35. The SMILES string of the molecule is CCC(=O)Nc1ccc(N2C(=S)N[C@@H](c3ccccn3)[C@@H]2c2cc(C)n(-c3cc(Cl)ccc3OC)c2C)cc1C. The van der Waals surface area contributed by atoms with Crippen LogP contribution in [0.3, 0.4) is 0 Å². The Morgan fingerprint density at radius 1 is 1.12 bits per heavy atom. The number of aryl methyl sites for hydroxylation is 2. The average Bonchev–Trinajstić information content (AvgIpc) is 3.44. The van der Waals surface area contributed by atoms with Crippen molar-refractivity contribution in [2.75, 3.05) is 17.3 Å². The smallest absolute Gasteiger partial charge is 0.224 e. The highest BCUT2D eigenvalue weighted by molar-refractivity contribution is 7.80. The number of benzene rings is 2. The first-order valence-corrected chi connectivity index (χ1v) is 14.0. The van der Waals surface area contributed by atoms with Crippen molar-refractivity contribution >= 4 is 46.2 Å². The number of anilines is 2. The predicted octanol–water partition coefficient (Wildman–Crippen LogP) is 6.99. The second-order valence-corrected chi connectivity index (χ2v) is 10.7. The van der Waals surface area contributed by atoms with E-state index >= 15 is 0 Å². The van der Waals surface area contributed by atoms with Gasteiger partial charge in [0, 0.05) is 40.4 Å². The Morgan fingerprint density at radius 3 is 2.60 bits per heavy atom. The fourth-order valence-electron chi connectivity index (χ4n) is 5.42. The lowest BCUT2D eigenvalue weighted by Gasteiger charge is -2.29. The number of aromatic nitrogens is 2. The van der Waals surface area contributed by atoms with Crippen molar-refractivity contribution in [2.45, 2.75) is 46.2 Å². The largest absolute Gasteiger partial charge is 0.495 e. The Bertz CT molecular complexity index is 1590. The lowest BCUT2D eigenvalue weighted by molar-refractivity contribution is -0.115. The number of hydrogen-bond acceptors (Lipinski definition) is 4. The molecular formula is C31H32ClN5O2S. The van der Waals surface area contributed by atoms with Gasteiger partial charge in [-0.15, -0.1) is 0 Å². The number of amides is 1. The first-order chi connectivity index (χ1) is 19.2. The summed E-state index contributed by atoms with van der Waals surface area (Å²) in [6.07, 6.45) is 2.22. The minimum Gasteiger partial charge on any atom is -0.495 e. The van der Waals surface area contributed by atoms with Crippen LogP contribution in [0.1, 0.15) is 53.6 Å². The summed E-state index contributed by atoms with van der Waals surface area (Å²) in [6.45, 7) is 8.01. The highest BCUT2D eigenvalue weighted by Gasteiger charge is 2.42. The van der Waals surface area contributed by atoms with E-state index < -0.39 is 0 Å². The zero-order chi connectivity index (χ0) is 28.6. The maximum Gasteiger partial charge on any atom is 0.224 e. The molecule has 0 unspecified atom stereocenters. The maximum atomic E-state index is 12.0. The third-order valence-corrected chi connectivity index (χ3v) is 7.90. The average molecular weight is 574 g/mol. The second-order valence-electron chi connectivity index (χ2n) is 9.88. The lowest BCUT2D eigenvalue weighted by atomic mass is 9.96. The third kappa shape index (κ3) is 5.05. The van der Waals surface area contributed by atoms with Crippen molar-refractivity contribution in [3.8, 4) is 11.4 Å². The van der Waals surface area contributed by atoms with Crippen LogP contribution in [0, 0.1) is 20.8 Å². The number of halogens is 1. The highest BCUT2D eigenvalue weighted by atomic mass is 35.5. The van der Waals surface area contributed by atoms with Gasteiger partial charge in [0.1, 0.15) is 5.75 Å². The summed E-state index contributed by atoms with van der Waals surface area (Å²) in [5.74, 6) is 0.711. The molecular weight excluding hydrogens is 542 g/mol. The van der Waals surface area contributed by atoms with E-state index in [0.717, 1.165) is 51.0 Å². The van der Waals surface area contributed by atoms with Gasteiger partial charge >= 0.3 is 0 Å². The summed E-state index contributed by atoms with van der Waals surface area (Å²) in [4.78, 5) is 18.9. The van der Waals surface area contributed by atoms with Gasteiger partial charge in [0.2, 0.25) is 5.91 Å². The normalized spacial score (nSPS) is 16.6. The molecule has 1 fully saturated rings. The van der Waals surface area contributed by atoms with Crippen LogP contribution in [0.5, 0.6) is 5.75 Å². The molecule has 1 saturated heterocycles. The van der Waals surface area contributed by atoms with E-state index in [1.54, 1.807) is 13.3 Å².